The fraction of sp³-hybridized carbons (Fsp3) is 0.909. The van der Waals surface area contributed by atoms with Gasteiger partial charge in [0.15, 0.2) is 0 Å². The highest BCUT2D eigenvalue weighted by molar-refractivity contribution is 5.78. The molecule has 0 spiro atoms. The van der Waals surface area contributed by atoms with E-state index in [0.29, 0.717) is 24.4 Å². The first-order valence-electron chi connectivity index (χ1n) is 5.99. The third kappa shape index (κ3) is 2.16. The number of hydrogen-bond acceptors (Lipinski definition) is 3. The SMILES string of the molecule is CC(C)N1CCC(=O)N1C1CCCNC1. The van der Waals surface area contributed by atoms with E-state index in [1.165, 1.54) is 6.42 Å². The Kier molecular flexibility index (Phi) is 3.26. The Bertz CT molecular complexity index is 236. The van der Waals surface area contributed by atoms with Crippen LogP contribution in [0.2, 0.25) is 0 Å². The number of nitrogens with zero attached hydrogens (tertiary/aromatic N) is 2. The third-order valence-electron chi connectivity index (χ3n) is 3.30. The number of piperidine rings is 1. The Labute approximate surface area is 91.6 Å². The Morgan fingerprint density at radius 3 is 2.87 bits per heavy atom. The lowest BCUT2D eigenvalue weighted by atomic mass is 10.1. The molecule has 0 aromatic rings. The molecule has 4 nitrogen and oxygen atoms in total. The molecule has 2 heterocycles. The lowest BCUT2D eigenvalue weighted by molar-refractivity contribution is -0.146. The van der Waals surface area contributed by atoms with E-state index in [-0.39, 0.29) is 0 Å². The molecule has 0 saturated carbocycles. The van der Waals surface area contributed by atoms with Crippen LogP contribution in [0, 0.1) is 0 Å². The van der Waals surface area contributed by atoms with Crippen molar-refractivity contribution in [2.45, 2.75) is 45.2 Å². The van der Waals surface area contributed by atoms with E-state index in [1.54, 1.807) is 0 Å². The summed E-state index contributed by atoms with van der Waals surface area (Å²) in [6, 6.07) is 0.814. The van der Waals surface area contributed by atoms with Crippen LogP contribution in [-0.4, -0.2) is 47.6 Å². The molecule has 1 N–H and O–H groups in total. The maximum Gasteiger partial charge on any atom is 0.238 e. The second kappa shape index (κ2) is 4.49. The molecule has 15 heavy (non-hydrogen) atoms. The average Bonchev–Trinajstić information content (AvgIpc) is 2.61. The molecule has 0 aromatic carbocycles. The van der Waals surface area contributed by atoms with Crippen molar-refractivity contribution in [1.82, 2.24) is 15.3 Å². The lowest BCUT2D eigenvalue weighted by Crippen LogP contribution is -2.54. The van der Waals surface area contributed by atoms with Gasteiger partial charge in [-0.2, -0.15) is 0 Å². The molecule has 0 aliphatic carbocycles. The summed E-state index contributed by atoms with van der Waals surface area (Å²) in [7, 11) is 0. The van der Waals surface area contributed by atoms with Crippen LogP contribution in [0.25, 0.3) is 0 Å². The molecule has 1 unspecified atom stereocenters. The summed E-state index contributed by atoms with van der Waals surface area (Å²) in [5.41, 5.74) is 0. The van der Waals surface area contributed by atoms with Gasteiger partial charge in [-0.25, -0.2) is 5.01 Å². The average molecular weight is 211 g/mol. The number of carbonyl (C=O) groups excluding carboxylic acids is 1. The summed E-state index contributed by atoms with van der Waals surface area (Å²) in [5, 5.41) is 7.60. The van der Waals surface area contributed by atoms with E-state index in [9.17, 15) is 4.79 Å². The molecule has 0 aromatic heterocycles. The maximum atomic E-state index is 11.8. The molecule has 0 radical (unpaired) electrons. The predicted octanol–water partition coefficient (Wildman–Crippen LogP) is 0.596. The summed E-state index contributed by atoms with van der Waals surface area (Å²) in [6.45, 7) is 7.26. The number of hydrazine groups is 1. The molecule has 2 aliphatic rings. The zero-order valence-corrected chi connectivity index (χ0v) is 9.70. The number of amides is 1. The third-order valence-corrected chi connectivity index (χ3v) is 3.30. The van der Waals surface area contributed by atoms with Crippen LogP contribution in [0.15, 0.2) is 0 Å². The highest BCUT2D eigenvalue weighted by atomic mass is 16.2. The zero-order valence-electron chi connectivity index (χ0n) is 9.70. The molecule has 1 atom stereocenters. The van der Waals surface area contributed by atoms with Gasteiger partial charge in [-0.1, -0.05) is 0 Å². The topological polar surface area (TPSA) is 35.6 Å². The molecule has 4 heteroatoms. The van der Waals surface area contributed by atoms with Gasteiger partial charge in [0.05, 0.1) is 6.04 Å². The van der Waals surface area contributed by atoms with Gasteiger partial charge in [0.1, 0.15) is 0 Å². The molecule has 86 valence electrons. The van der Waals surface area contributed by atoms with E-state index in [4.69, 9.17) is 0 Å². The molecule has 2 fully saturated rings. The normalized spacial score (nSPS) is 29.1. The van der Waals surface area contributed by atoms with Gasteiger partial charge < -0.3 is 5.32 Å². The summed E-state index contributed by atoms with van der Waals surface area (Å²) in [5.74, 6) is 0.303. The second-order valence-corrected chi connectivity index (χ2v) is 4.75. The van der Waals surface area contributed by atoms with Crippen molar-refractivity contribution in [3.63, 3.8) is 0 Å². The Morgan fingerprint density at radius 2 is 2.27 bits per heavy atom. The van der Waals surface area contributed by atoms with Crippen LogP contribution in [0.1, 0.15) is 33.1 Å². The minimum absolute atomic E-state index is 0.303. The van der Waals surface area contributed by atoms with Crippen LogP contribution in [0.5, 0.6) is 0 Å². The van der Waals surface area contributed by atoms with Crippen molar-refractivity contribution < 1.29 is 4.79 Å². The molecule has 1 amide bonds. The van der Waals surface area contributed by atoms with Crippen LogP contribution < -0.4 is 5.32 Å². The van der Waals surface area contributed by atoms with Gasteiger partial charge in [0.25, 0.3) is 0 Å². The van der Waals surface area contributed by atoms with Crippen molar-refractivity contribution in [3.8, 4) is 0 Å². The molecule has 2 saturated heterocycles. The van der Waals surface area contributed by atoms with Crippen LogP contribution in [-0.2, 0) is 4.79 Å². The van der Waals surface area contributed by atoms with E-state index in [1.807, 2.05) is 5.01 Å². The van der Waals surface area contributed by atoms with Crippen molar-refractivity contribution in [1.29, 1.82) is 0 Å². The van der Waals surface area contributed by atoms with Crippen LogP contribution in [0.3, 0.4) is 0 Å². The summed E-state index contributed by atoms with van der Waals surface area (Å²) >= 11 is 0. The molecular formula is C11H21N3O. The number of nitrogens with one attached hydrogen (secondary N) is 1. The highest BCUT2D eigenvalue weighted by Crippen LogP contribution is 2.22. The van der Waals surface area contributed by atoms with E-state index < -0.39 is 0 Å². The van der Waals surface area contributed by atoms with Gasteiger partial charge in [0, 0.05) is 25.6 Å². The fourth-order valence-electron chi connectivity index (χ4n) is 2.54. The van der Waals surface area contributed by atoms with E-state index in [0.717, 1.165) is 26.1 Å². The number of hydrogen-bond donors (Lipinski definition) is 1. The molecule has 0 bridgehead atoms. The smallest absolute Gasteiger partial charge is 0.238 e. The first kappa shape index (κ1) is 10.9. The Balaban J connectivity index is 2.05. The summed E-state index contributed by atoms with van der Waals surface area (Å²) < 4.78 is 0. The van der Waals surface area contributed by atoms with Gasteiger partial charge >= 0.3 is 0 Å². The largest absolute Gasteiger partial charge is 0.315 e. The minimum Gasteiger partial charge on any atom is -0.315 e. The van der Waals surface area contributed by atoms with Crippen molar-refractivity contribution in [2.75, 3.05) is 19.6 Å². The minimum atomic E-state index is 0.303. The highest BCUT2D eigenvalue weighted by Gasteiger charge is 2.36. The lowest BCUT2D eigenvalue weighted by Gasteiger charge is -2.39. The number of rotatable bonds is 2. The first-order chi connectivity index (χ1) is 7.20. The van der Waals surface area contributed by atoms with Gasteiger partial charge in [-0.05, 0) is 33.2 Å². The maximum absolute atomic E-state index is 11.8. The van der Waals surface area contributed by atoms with E-state index >= 15 is 0 Å². The van der Waals surface area contributed by atoms with Crippen LogP contribution in [0.4, 0.5) is 0 Å². The van der Waals surface area contributed by atoms with Gasteiger partial charge in [0.2, 0.25) is 5.91 Å². The van der Waals surface area contributed by atoms with Crippen molar-refractivity contribution in [3.05, 3.63) is 0 Å². The van der Waals surface area contributed by atoms with Crippen LogP contribution >= 0.6 is 0 Å². The summed E-state index contributed by atoms with van der Waals surface area (Å²) in [4.78, 5) is 11.8. The quantitative estimate of drug-likeness (QED) is 0.726. The Morgan fingerprint density at radius 1 is 1.47 bits per heavy atom. The number of carbonyl (C=O) groups is 1. The first-order valence-corrected chi connectivity index (χ1v) is 5.99. The standard InChI is InChI=1S/C11H21N3O/c1-9(2)13-7-5-11(15)14(13)10-4-3-6-12-8-10/h9-10,12H,3-8H2,1-2H3. The zero-order chi connectivity index (χ0) is 10.8. The van der Waals surface area contributed by atoms with Crippen molar-refractivity contribution in [2.24, 2.45) is 0 Å². The van der Waals surface area contributed by atoms with Gasteiger partial charge in [-0.15, -0.1) is 0 Å². The van der Waals surface area contributed by atoms with Crippen molar-refractivity contribution >= 4 is 5.91 Å². The molecule has 2 rings (SSSR count). The predicted molar refractivity (Wildman–Crippen MR) is 59.2 cm³/mol. The second-order valence-electron chi connectivity index (χ2n) is 4.75. The monoisotopic (exact) mass is 211 g/mol. The van der Waals surface area contributed by atoms with E-state index in [2.05, 4.69) is 24.2 Å². The Hall–Kier alpha value is -0.610. The molecule has 2 aliphatic heterocycles. The fourth-order valence-corrected chi connectivity index (χ4v) is 2.54. The summed E-state index contributed by atoms with van der Waals surface area (Å²) in [6.07, 6.45) is 3.01. The molecular weight excluding hydrogens is 190 g/mol. The van der Waals surface area contributed by atoms with Gasteiger partial charge in [-0.3, -0.25) is 9.80 Å².